The summed E-state index contributed by atoms with van der Waals surface area (Å²) in [5.74, 6) is -2.60. The minimum absolute atomic E-state index is 0.0587. The van der Waals surface area contributed by atoms with Gasteiger partial charge in [0.2, 0.25) is 17.7 Å². The van der Waals surface area contributed by atoms with Crippen LogP contribution in [0.25, 0.3) is 11.0 Å². The number of hydrogen-bond acceptors (Lipinski definition) is 7. The molecule has 3 saturated heterocycles. The Balaban J connectivity index is 1.48. The number of carbonyl (C=O) groups excluding carboxylic acids is 3. The molecule has 11 heteroatoms. The number of rotatable bonds is 12. The lowest BCUT2D eigenvalue weighted by Gasteiger charge is -2.39. The van der Waals surface area contributed by atoms with Crippen molar-refractivity contribution in [3.8, 4) is 0 Å². The van der Waals surface area contributed by atoms with Crippen molar-refractivity contribution in [3.05, 3.63) is 85.5 Å². The van der Waals surface area contributed by atoms with E-state index in [9.17, 15) is 19.5 Å². The molecule has 1 N–H and O–H groups in total. The molecular weight excluding hydrogens is 572 g/mol. The first kappa shape index (κ1) is 30.7. The minimum atomic E-state index is -1.26. The highest BCUT2D eigenvalue weighted by atomic mass is 16.5. The maximum Gasteiger partial charge on any atom is 0.250 e. The fraction of sp³-hybridized carbons (Fsp3) is 0.441. The van der Waals surface area contributed by atoms with Gasteiger partial charge in [0.15, 0.2) is 0 Å². The van der Waals surface area contributed by atoms with Gasteiger partial charge in [0.25, 0.3) is 0 Å². The Morgan fingerprint density at radius 2 is 1.80 bits per heavy atom. The van der Waals surface area contributed by atoms with Crippen LogP contribution in [0.5, 0.6) is 0 Å². The Bertz CT molecular complexity index is 1630. The summed E-state index contributed by atoms with van der Waals surface area (Å²) in [6, 6.07) is 14.7. The summed E-state index contributed by atoms with van der Waals surface area (Å²) < 4.78 is 8.60. The number of likely N-dealkylation sites (tertiary alicyclic amines) is 1. The summed E-state index contributed by atoms with van der Waals surface area (Å²) in [5, 5.41) is 19.3. The fourth-order valence-corrected chi connectivity index (χ4v) is 7.93. The molecule has 0 saturated carbocycles. The van der Waals surface area contributed by atoms with Crippen LogP contribution in [0.3, 0.4) is 0 Å². The van der Waals surface area contributed by atoms with Crippen LogP contribution in [0.1, 0.15) is 37.8 Å². The highest BCUT2D eigenvalue weighted by Gasteiger charge is 2.79. The zero-order valence-electron chi connectivity index (χ0n) is 25.8. The number of aromatic nitrogens is 3. The van der Waals surface area contributed by atoms with Gasteiger partial charge in [0.05, 0.1) is 35.6 Å². The summed E-state index contributed by atoms with van der Waals surface area (Å²) in [7, 11) is 1.70. The highest BCUT2D eigenvalue weighted by molar-refractivity contribution is 5.99. The van der Waals surface area contributed by atoms with E-state index in [1.54, 1.807) is 33.7 Å². The molecule has 4 heterocycles. The first-order chi connectivity index (χ1) is 21.8. The number of amides is 3. The number of nitrogens with zero attached hydrogens (tertiary/aromatic N) is 6. The second-order valence-corrected chi connectivity index (χ2v) is 12.3. The van der Waals surface area contributed by atoms with Crippen LogP contribution in [0, 0.1) is 11.8 Å². The number of likely N-dealkylation sites (N-methyl/N-ethyl adjacent to an activating group) is 1. The third-order valence-corrected chi connectivity index (χ3v) is 9.98. The van der Waals surface area contributed by atoms with Gasteiger partial charge in [0.1, 0.15) is 23.8 Å². The molecule has 3 fully saturated rings. The molecule has 45 heavy (non-hydrogen) atoms. The molecule has 0 radical (unpaired) electrons. The number of aliphatic hydroxyl groups excluding tert-OH is 1. The third kappa shape index (κ3) is 4.67. The maximum absolute atomic E-state index is 15.0. The summed E-state index contributed by atoms with van der Waals surface area (Å²) >= 11 is 0. The van der Waals surface area contributed by atoms with Crippen LogP contribution in [-0.4, -0.2) is 96.5 Å². The molecular formula is C34H40N6O5. The number of fused-ring (bicyclic) bond motifs is 2. The van der Waals surface area contributed by atoms with E-state index in [0.29, 0.717) is 36.9 Å². The van der Waals surface area contributed by atoms with Crippen molar-refractivity contribution in [2.75, 3.05) is 26.7 Å². The first-order valence-corrected chi connectivity index (χ1v) is 15.5. The van der Waals surface area contributed by atoms with Crippen LogP contribution in [0.2, 0.25) is 0 Å². The average molecular weight is 613 g/mol. The fourth-order valence-electron chi connectivity index (χ4n) is 7.93. The van der Waals surface area contributed by atoms with E-state index in [-0.39, 0.29) is 30.9 Å². The van der Waals surface area contributed by atoms with Crippen LogP contribution in [0.15, 0.2) is 79.9 Å². The Hall–Kier alpha value is -4.35. The van der Waals surface area contributed by atoms with E-state index in [0.717, 1.165) is 5.52 Å². The molecule has 236 valence electrons. The number of ether oxygens (including phenoxy) is 1. The van der Waals surface area contributed by atoms with E-state index < -0.39 is 41.7 Å². The van der Waals surface area contributed by atoms with Crippen LogP contribution in [-0.2, 0) is 25.8 Å². The number of carbonyl (C=O) groups is 3. The van der Waals surface area contributed by atoms with Gasteiger partial charge in [-0.15, -0.1) is 18.3 Å². The molecule has 6 rings (SSSR count). The zero-order chi connectivity index (χ0) is 31.9. The van der Waals surface area contributed by atoms with Gasteiger partial charge in [-0.25, -0.2) is 4.68 Å². The molecule has 1 spiro atoms. The Morgan fingerprint density at radius 3 is 2.49 bits per heavy atom. The summed E-state index contributed by atoms with van der Waals surface area (Å²) in [4.78, 5) is 48.5. The number of hydrogen-bond donors (Lipinski definition) is 1. The van der Waals surface area contributed by atoms with Gasteiger partial charge in [-0.1, -0.05) is 66.8 Å². The molecule has 0 aliphatic carbocycles. The Morgan fingerprint density at radius 1 is 1.09 bits per heavy atom. The van der Waals surface area contributed by atoms with Crippen molar-refractivity contribution < 1.29 is 24.2 Å². The van der Waals surface area contributed by atoms with Crippen molar-refractivity contribution in [1.29, 1.82) is 0 Å². The largest absolute Gasteiger partial charge is 0.394 e. The van der Waals surface area contributed by atoms with Gasteiger partial charge in [0, 0.05) is 20.1 Å². The van der Waals surface area contributed by atoms with E-state index >= 15 is 0 Å². The SMILES string of the molecule is C=CCN(C)C(=O)[C@@H]1[C@H]2C(=O)N([C@H](CO)c3ccccc3)C(C(=O)N(CC=C)Cn3nnc4ccccc43)C23CC[C@@]1(CC)O3. The average Bonchev–Trinajstić information content (AvgIpc) is 3.79. The van der Waals surface area contributed by atoms with Crippen LogP contribution in [0.4, 0.5) is 0 Å². The minimum Gasteiger partial charge on any atom is -0.394 e. The van der Waals surface area contributed by atoms with E-state index in [1.807, 2.05) is 61.5 Å². The second kappa shape index (κ2) is 11.9. The topological polar surface area (TPSA) is 121 Å². The van der Waals surface area contributed by atoms with Crippen LogP contribution < -0.4 is 0 Å². The summed E-state index contributed by atoms with van der Waals surface area (Å²) in [6.07, 6.45) is 4.76. The van der Waals surface area contributed by atoms with Crippen molar-refractivity contribution in [2.45, 2.75) is 56.1 Å². The van der Waals surface area contributed by atoms with Gasteiger partial charge >= 0.3 is 0 Å². The highest BCUT2D eigenvalue weighted by Crippen LogP contribution is 2.65. The Kier molecular flexibility index (Phi) is 8.09. The molecule has 3 aliphatic rings. The third-order valence-electron chi connectivity index (χ3n) is 9.98. The molecule has 3 aliphatic heterocycles. The quantitative estimate of drug-likeness (QED) is 0.312. The molecule has 2 bridgehead atoms. The maximum atomic E-state index is 15.0. The molecule has 3 aromatic rings. The molecule has 11 nitrogen and oxygen atoms in total. The predicted octanol–water partition coefficient (Wildman–Crippen LogP) is 2.94. The summed E-state index contributed by atoms with van der Waals surface area (Å²) in [5.41, 5.74) is -0.00915. The predicted molar refractivity (Wildman–Crippen MR) is 167 cm³/mol. The first-order valence-electron chi connectivity index (χ1n) is 15.5. The molecule has 2 aromatic carbocycles. The molecule has 3 amide bonds. The van der Waals surface area contributed by atoms with E-state index in [1.165, 1.54) is 4.90 Å². The number of para-hydroxylation sites is 1. The van der Waals surface area contributed by atoms with E-state index in [2.05, 4.69) is 23.5 Å². The molecule has 2 unspecified atom stereocenters. The lowest BCUT2D eigenvalue weighted by atomic mass is 9.64. The lowest BCUT2D eigenvalue weighted by molar-refractivity contribution is -0.158. The van der Waals surface area contributed by atoms with Gasteiger partial charge in [-0.3, -0.25) is 14.4 Å². The lowest BCUT2D eigenvalue weighted by Crippen LogP contribution is -2.57. The number of benzene rings is 2. The zero-order valence-corrected chi connectivity index (χ0v) is 25.8. The monoisotopic (exact) mass is 612 g/mol. The van der Waals surface area contributed by atoms with Gasteiger partial charge < -0.3 is 24.5 Å². The summed E-state index contributed by atoms with van der Waals surface area (Å²) in [6.45, 7) is 9.77. The smallest absolute Gasteiger partial charge is 0.250 e. The van der Waals surface area contributed by atoms with Gasteiger partial charge in [-0.2, -0.15) is 0 Å². The standard InChI is InChI=1S/C34H40N6O5/c1-5-19-37(4)30(42)27-28-31(43)40(26(21-41)23-13-9-8-10-14-23)29(34(28)18-17-33(27,7-3)45-34)32(44)38(20-6-2)22-39-25-16-12-11-15-24(25)35-36-39/h5-6,8-16,26-29,41H,1-2,7,17-22H2,3-4H3/t26-,27+,28+,29?,33-,34?/m1/s1. The van der Waals surface area contributed by atoms with Gasteiger partial charge in [-0.05, 0) is 37.0 Å². The second-order valence-electron chi connectivity index (χ2n) is 12.3. The van der Waals surface area contributed by atoms with Crippen LogP contribution >= 0.6 is 0 Å². The van der Waals surface area contributed by atoms with Crippen molar-refractivity contribution in [1.82, 2.24) is 29.7 Å². The number of aliphatic hydroxyl groups is 1. The van der Waals surface area contributed by atoms with Crippen molar-refractivity contribution >= 4 is 28.8 Å². The molecule has 1 aromatic heterocycles. The molecule has 6 atom stereocenters. The van der Waals surface area contributed by atoms with E-state index in [4.69, 9.17) is 4.74 Å². The van der Waals surface area contributed by atoms with Crippen molar-refractivity contribution in [3.63, 3.8) is 0 Å². The Labute approximate surface area is 262 Å². The van der Waals surface area contributed by atoms with Crippen molar-refractivity contribution in [2.24, 2.45) is 11.8 Å². The normalized spacial score (nSPS) is 27.4.